The van der Waals surface area contributed by atoms with Crippen molar-refractivity contribution in [2.45, 2.75) is 70.2 Å². The summed E-state index contributed by atoms with van der Waals surface area (Å²) in [5.74, 6) is 0. The molecule has 1 unspecified atom stereocenters. The Labute approximate surface area is 134 Å². The molecular formula is C16H32N2O4. The summed E-state index contributed by atoms with van der Waals surface area (Å²) >= 11 is 0. The molecule has 0 bridgehead atoms. The predicted octanol–water partition coefficient (Wildman–Crippen LogP) is 2.07. The first-order chi connectivity index (χ1) is 10.3. The second-order valence-electron chi connectivity index (χ2n) is 6.92. The molecule has 1 aliphatic rings. The molecule has 2 N–H and O–H groups in total. The summed E-state index contributed by atoms with van der Waals surface area (Å²) in [6.07, 6.45) is 4.01. The van der Waals surface area contributed by atoms with E-state index >= 15 is 0 Å². The molecule has 0 radical (unpaired) electrons. The Kier molecular flexibility index (Phi) is 8.14. The molecule has 1 rings (SSSR count). The number of hydrogen-bond donors (Lipinski definition) is 2. The van der Waals surface area contributed by atoms with Crippen LogP contribution in [-0.2, 0) is 14.2 Å². The van der Waals surface area contributed by atoms with E-state index < -0.39 is 5.60 Å². The van der Waals surface area contributed by atoms with E-state index in [-0.39, 0.29) is 6.09 Å². The molecule has 22 heavy (non-hydrogen) atoms. The average Bonchev–Trinajstić information content (AvgIpc) is 2.36. The molecule has 1 aliphatic carbocycles. The molecule has 1 atom stereocenters. The largest absolute Gasteiger partial charge is 0.444 e. The predicted molar refractivity (Wildman–Crippen MR) is 86.1 cm³/mol. The third-order valence-corrected chi connectivity index (χ3v) is 3.66. The summed E-state index contributed by atoms with van der Waals surface area (Å²) in [5, 5.41) is 6.38. The first-order valence-electron chi connectivity index (χ1n) is 8.08. The Morgan fingerprint density at radius 1 is 1.27 bits per heavy atom. The number of rotatable bonds is 9. The van der Waals surface area contributed by atoms with Crippen LogP contribution in [0.25, 0.3) is 0 Å². The van der Waals surface area contributed by atoms with Crippen molar-refractivity contribution in [3.8, 4) is 0 Å². The van der Waals surface area contributed by atoms with Crippen LogP contribution in [0, 0.1) is 0 Å². The van der Waals surface area contributed by atoms with Gasteiger partial charge >= 0.3 is 6.09 Å². The Balaban J connectivity index is 2.15. The smallest absolute Gasteiger partial charge is 0.407 e. The van der Waals surface area contributed by atoms with E-state index in [0.717, 1.165) is 25.7 Å². The van der Waals surface area contributed by atoms with Gasteiger partial charge in [-0.1, -0.05) is 0 Å². The van der Waals surface area contributed by atoms with Gasteiger partial charge in [0.25, 0.3) is 0 Å². The van der Waals surface area contributed by atoms with Crippen molar-refractivity contribution in [3.05, 3.63) is 0 Å². The molecule has 130 valence electrons. The lowest BCUT2D eigenvalue weighted by atomic mass is 9.88. The number of amides is 1. The number of nitrogens with one attached hydrogen (secondary N) is 2. The normalized spacial score (nSPS) is 22.8. The second-order valence-corrected chi connectivity index (χ2v) is 6.92. The zero-order valence-corrected chi connectivity index (χ0v) is 14.6. The number of methoxy groups -OCH3 is 2. The van der Waals surface area contributed by atoms with Gasteiger partial charge in [-0.05, 0) is 46.5 Å². The van der Waals surface area contributed by atoms with Crippen LogP contribution in [0.4, 0.5) is 4.79 Å². The minimum atomic E-state index is -0.452. The lowest BCUT2D eigenvalue weighted by molar-refractivity contribution is 0.00987. The van der Waals surface area contributed by atoms with Gasteiger partial charge in [-0.3, -0.25) is 0 Å². The number of ether oxygens (including phenoxy) is 3. The molecular weight excluding hydrogens is 284 g/mol. The Bertz CT molecular complexity index is 325. The van der Waals surface area contributed by atoms with E-state index in [0.29, 0.717) is 31.3 Å². The van der Waals surface area contributed by atoms with Gasteiger partial charge in [-0.25, -0.2) is 4.79 Å². The topological polar surface area (TPSA) is 68.8 Å². The lowest BCUT2D eigenvalue weighted by Gasteiger charge is -2.37. The van der Waals surface area contributed by atoms with Gasteiger partial charge in [0.1, 0.15) is 5.60 Å². The third-order valence-electron chi connectivity index (χ3n) is 3.66. The summed E-state index contributed by atoms with van der Waals surface area (Å²) in [6.45, 7) is 6.87. The maximum Gasteiger partial charge on any atom is 0.407 e. The molecule has 6 nitrogen and oxygen atoms in total. The number of carbonyl (C=O) groups excluding carboxylic acids is 1. The molecule has 0 aliphatic heterocycles. The van der Waals surface area contributed by atoms with Gasteiger partial charge in [-0.15, -0.1) is 0 Å². The fourth-order valence-electron chi connectivity index (χ4n) is 2.50. The minimum absolute atomic E-state index is 0.313. The lowest BCUT2D eigenvalue weighted by Crippen LogP contribution is -2.50. The van der Waals surface area contributed by atoms with Gasteiger partial charge in [0.05, 0.1) is 12.7 Å². The monoisotopic (exact) mass is 316 g/mol. The highest BCUT2D eigenvalue weighted by Crippen LogP contribution is 2.23. The standard InChI is InChI=1S/C16H32N2O4/c1-16(2,3)22-15(19)17-8-6-7-12(11-20-4)18-13-9-14(10-13)21-5/h12-14,18H,6-11H2,1-5H3,(H,17,19). The Morgan fingerprint density at radius 2 is 1.95 bits per heavy atom. The molecule has 1 amide bonds. The molecule has 0 aromatic carbocycles. The van der Waals surface area contributed by atoms with Crippen LogP contribution >= 0.6 is 0 Å². The van der Waals surface area contributed by atoms with Crippen LogP contribution < -0.4 is 10.6 Å². The molecule has 0 spiro atoms. The highest BCUT2D eigenvalue weighted by Gasteiger charge is 2.30. The molecule has 0 aromatic rings. The first-order valence-corrected chi connectivity index (χ1v) is 8.08. The van der Waals surface area contributed by atoms with E-state index in [1.807, 2.05) is 20.8 Å². The quantitative estimate of drug-likeness (QED) is 0.637. The summed E-state index contributed by atoms with van der Waals surface area (Å²) in [5.41, 5.74) is -0.452. The van der Waals surface area contributed by atoms with E-state index in [9.17, 15) is 4.79 Å². The number of alkyl carbamates (subject to hydrolysis) is 1. The number of carbonyl (C=O) groups is 1. The molecule has 1 fully saturated rings. The van der Waals surface area contributed by atoms with Crippen molar-refractivity contribution in [2.24, 2.45) is 0 Å². The Hall–Kier alpha value is -0.850. The third kappa shape index (κ3) is 7.96. The highest BCUT2D eigenvalue weighted by atomic mass is 16.6. The van der Waals surface area contributed by atoms with Crippen molar-refractivity contribution >= 4 is 6.09 Å². The Morgan fingerprint density at radius 3 is 2.50 bits per heavy atom. The van der Waals surface area contributed by atoms with Crippen LogP contribution in [0.1, 0.15) is 46.5 Å². The van der Waals surface area contributed by atoms with Crippen LogP contribution in [0.3, 0.4) is 0 Å². The summed E-state index contributed by atoms with van der Waals surface area (Å²) < 4.78 is 15.8. The van der Waals surface area contributed by atoms with Gasteiger partial charge in [0.15, 0.2) is 0 Å². The fourth-order valence-corrected chi connectivity index (χ4v) is 2.50. The summed E-state index contributed by atoms with van der Waals surface area (Å²) in [6, 6.07) is 0.831. The zero-order chi connectivity index (χ0) is 16.6. The highest BCUT2D eigenvalue weighted by molar-refractivity contribution is 5.67. The molecule has 0 saturated heterocycles. The van der Waals surface area contributed by atoms with Gasteiger partial charge in [0, 0.05) is 32.8 Å². The molecule has 6 heteroatoms. The van der Waals surface area contributed by atoms with Crippen molar-refractivity contribution in [1.82, 2.24) is 10.6 Å². The minimum Gasteiger partial charge on any atom is -0.444 e. The zero-order valence-electron chi connectivity index (χ0n) is 14.6. The van der Waals surface area contributed by atoms with Crippen LogP contribution in [0.15, 0.2) is 0 Å². The van der Waals surface area contributed by atoms with E-state index in [1.54, 1.807) is 14.2 Å². The van der Waals surface area contributed by atoms with Crippen molar-refractivity contribution in [3.63, 3.8) is 0 Å². The van der Waals surface area contributed by atoms with Gasteiger partial charge in [-0.2, -0.15) is 0 Å². The van der Waals surface area contributed by atoms with Crippen LogP contribution in [0.5, 0.6) is 0 Å². The molecule has 0 aromatic heterocycles. The van der Waals surface area contributed by atoms with Crippen molar-refractivity contribution < 1.29 is 19.0 Å². The number of hydrogen-bond acceptors (Lipinski definition) is 5. The van der Waals surface area contributed by atoms with Crippen LogP contribution in [-0.4, -0.2) is 57.3 Å². The average molecular weight is 316 g/mol. The fraction of sp³-hybridized carbons (Fsp3) is 0.938. The first kappa shape index (κ1) is 19.2. The second kappa shape index (κ2) is 9.33. The molecule has 0 heterocycles. The van der Waals surface area contributed by atoms with Crippen molar-refractivity contribution in [2.75, 3.05) is 27.4 Å². The maximum absolute atomic E-state index is 11.5. The van der Waals surface area contributed by atoms with Crippen molar-refractivity contribution in [1.29, 1.82) is 0 Å². The van der Waals surface area contributed by atoms with Crippen LogP contribution in [0.2, 0.25) is 0 Å². The van der Waals surface area contributed by atoms with Gasteiger partial charge < -0.3 is 24.8 Å². The van der Waals surface area contributed by atoms with E-state index in [4.69, 9.17) is 14.2 Å². The van der Waals surface area contributed by atoms with E-state index in [2.05, 4.69) is 10.6 Å². The molecule has 1 saturated carbocycles. The SMILES string of the molecule is COCC(CCCNC(=O)OC(C)(C)C)NC1CC(OC)C1. The summed E-state index contributed by atoms with van der Waals surface area (Å²) in [7, 11) is 3.47. The summed E-state index contributed by atoms with van der Waals surface area (Å²) in [4.78, 5) is 11.5. The maximum atomic E-state index is 11.5. The van der Waals surface area contributed by atoms with E-state index in [1.165, 1.54) is 0 Å². The van der Waals surface area contributed by atoms with Gasteiger partial charge in [0.2, 0.25) is 0 Å².